The molecule has 0 unspecified atom stereocenters. The molecule has 12 heavy (non-hydrogen) atoms. The van der Waals surface area contributed by atoms with Crippen molar-refractivity contribution >= 4 is 5.69 Å². The van der Waals surface area contributed by atoms with Crippen molar-refractivity contribution < 1.29 is 32.7 Å². The van der Waals surface area contributed by atoms with E-state index in [-0.39, 0.29) is 32.7 Å². The van der Waals surface area contributed by atoms with Crippen LogP contribution in [-0.4, -0.2) is 0 Å². The zero-order valence-corrected chi connectivity index (χ0v) is 10.2. The van der Waals surface area contributed by atoms with Gasteiger partial charge in [-0.15, -0.1) is 0 Å². The summed E-state index contributed by atoms with van der Waals surface area (Å²) in [6, 6.07) is 8.60. The fraction of sp³-hybridized carbons (Fsp3) is 0.300. The van der Waals surface area contributed by atoms with Crippen LogP contribution < -0.4 is 0 Å². The van der Waals surface area contributed by atoms with Gasteiger partial charge in [0.25, 0.3) is 0 Å². The first-order valence-corrected chi connectivity index (χ1v) is 3.63. The second kappa shape index (κ2) is 5.46. The Morgan fingerprint density at radius 2 is 2.08 bits per heavy atom. The van der Waals surface area contributed by atoms with Crippen LogP contribution in [0.1, 0.15) is 25.3 Å². The molecule has 1 rings (SSSR count). The topological polar surface area (TPSA) is 4.36 Å². The van der Waals surface area contributed by atoms with E-state index >= 15 is 0 Å². The van der Waals surface area contributed by atoms with Crippen LogP contribution >= 0.6 is 0 Å². The normalized spacial score (nSPS) is 8.83. The first-order chi connectivity index (χ1) is 5.24. The molecule has 0 aliphatic heterocycles. The van der Waals surface area contributed by atoms with E-state index < -0.39 is 0 Å². The van der Waals surface area contributed by atoms with Gasteiger partial charge in [-0.25, -0.2) is 4.85 Å². The standard InChI is InChI=1S/C10H10N.Y/c1-8(2)9-4-6-10(11-3)7-5-9;/h4,6-8H,1-2H3;/q-1;. The third-order valence-electron chi connectivity index (χ3n) is 1.57. The van der Waals surface area contributed by atoms with Crippen LogP contribution in [0.2, 0.25) is 0 Å². The molecule has 1 aromatic carbocycles. The van der Waals surface area contributed by atoms with Crippen LogP contribution in [0.15, 0.2) is 18.2 Å². The molecule has 0 aliphatic carbocycles. The molecule has 0 amide bonds. The second-order valence-electron chi connectivity index (χ2n) is 2.77. The first kappa shape index (κ1) is 11.8. The predicted molar refractivity (Wildman–Crippen MR) is 45.6 cm³/mol. The molecule has 0 saturated carbocycles. The average molecular weight is 233 g/mol. The Bertz CT molecular complexity index is 269. The van der Waals surface area contributed by atoms with Crippen LogP contribution in [0.4, 0.5) is 5.69 Å². The molecule has 59 valence electrons. The monoisotopic (exact) mass is 233 g/mol. The summed E-state index contributed by atoms with van der Waals surface area (Å²) in [5, 5.41) is 0. The summed E-state index contributed by atoms with van der Waals surface area (Å²) in [6.45, 7) is 11.0. The molecule has 0 heterocycles. The minimum atomic E-state index is 0. The molecule has 0 saturated heterocycles. The molecule has 1 radical (unpaired) electrons. The van der Waals surface area contributed by atoms with Crippen molar-refractivity contribution in [2.24, 2.45) is 0 Å². The molecular weight excluding hydrogens is 223 g/mol. The third kappa shape index (κ3) is 3.05. The smallest absolute Gasteiger partial charge is 0.207 e. The van der Waals surface area contributed by atoms with Crippen LogP contribution in [0.25, 0.3) is 4.85 Å². The minimum absolute atomic E-state index is 0. The molecular formula is C10H10NY-. The molecule has 2 heteroatoms. The first-order valence-electron chi connectivity index (χ1n) is 3.63. The summed E-state index contributed by atoms with van der Waals surface area (Å²) in [6.07, 6.45) is 0. The van der Waals surface area contributed by atoms with Crippen LogP contribution in [-0.2, 0) is 32.7 Å². The average Bonchev–Trinajstić information content (AvgIpc) is 2.05. The van der Waals surface area contributed by atoms with Gasteiger partial charge in [-0.3, -0.25) is 0 Å². The molecule has 0 fully saturated rings. The Hall–Kier alpha value is -0.186. The van der Waals surface area contributed by atoms with Gasteiger partial charge < -0.3 is 0 Å². The van der Waals surface area contributed by atoms with E-state index in [4.69, 9.17) is 6.57 Å². The summed E-state index contributed by atoms with van der Waals surface area (Å²) in [5.74, 6) is 0.495. The fourth-order valence-electron chi connectivity index (χ4n) is 0.857. The summed E-state index contributed by atoms with van der Waals surface area (Å²) in [7, 11) is 0. The Morgan fingerprint density at radius 3 is 2.42 bits per heavy atom. The van der Waals surface area contributed by atoms with E-state index in [0.717, 1.165) is 5.56 Å². The van der Waals surface area contributed by atoms with E-state index in [2.05, 4.69) is 24.8 Å². The van der Waals surface area contributed by atoms with Crippen molar-refractivity contribution in [1.82, 2.24) is 0 Å². The van der Waals surface area contributed by atoms with Crippen molar-refractivity contribution in [1.29, 1.82) is 0 Å². The van der Waals surface area contributed by atoms with Gasteiger partial charge >= 0.3 is 0 Å². The Balaban J connectivity index is 0.00000121. The zero-order chi connectivity index (χ0) is 8.27. The van der Waals surface area contributed by atoms with Gasteiger partial charge in [-0.2, -0.15) is 17.7 Å². The van der Waals surface area contributed by atoms with Crippen molar-refractivity contribution in [3.63, 3.8) is 0 Å². The molecule has 0 aliphatic rings. The van der Waals surface area contributed by atoms with E-state index in [1.807, 2.05) is 12.1 Å². The van der Waals surface area contributed by atoms with Crippen molar-refractivity contribution in [3.8, 4) is 0 Å². The maximum atomic E-state index is 6.73. The molecule has 1 nitrogen and oxygen atoms in total. The minimum Gasteiger partial charge on any atom is -0.210 e. The maximum Gasteiger partial charge on any atom is 0.207 e. The fourth-order valence-corrected chi connectivity index (χ4v) is 0.857. The van der Waals surface area contributed by atoms with Crippen LogP contribution in [0, 0.1) is 12.6 Å². The largest absolute Gasteiger partial charge is 0.210 e. The van der Waals surface area contributed by atoms with Gasteiger partial charge in [0, 0.05) is 32.7 Å². The van der Waals surface area contributed by atoms with Gasteiger partial charge in [0.05, 0.1) is 0 Å². The zero-order valence-electron chi connectivity index (χ0n) is 7.33. The van der Waals surface area contributed by atoms with E-state index in [1.54, 1.807) is 6.07 Å². The number of hydrogen-bond acceptors (Lipinski definition) is 0. The predicted octanol–water partition coefficient (Wildman–Crippen LogP) is 3.16. The van der Waals surface area contributed by atoms with Gasteiger partial charge in [-0.05, 0) is 5.92 Å². The number of nitrogens with zero attached hydrogens (tertiary/aromatic N) is 1. The van der Waals surface area contributed by atoms with Crippen LogP contribution in [0.3, 0.4) is 0 Å². The van der Waals surface area contributed by atoms with Gasteiger partial charge in [0.1, 0.15) is 6.57 Å². The second-order valence-corrected chi connectivity index (χ2v) is 2.77. The number of hydrogen-bond donors (Lipinski definition) is 0. The van der Waals surface area contributed by atoms with E-state index in [0.29, 0.717) is 11.6 Å². The Kier molecular flexibility index (Phi) is 5.37. The third-order valence-corrected chi connectivity index (χ3v) is 1.57. The summed E-state index contributed by atoms with van der Waals surface area (Å²) < 4.78 is 0. The quantitative estimate of drug-likeness (QED) is 0.656. The van der Waals surface area contributed by atoms with E-state index in [9.17, 15) is 0 Å². The molecule has 0 aromatic heterocycles. The molecule has 0 atom stereocenters. The van der Waals surface area contributed by atoms with Crippen LogP contribution in [0.5, 0.6) is 0 Å². The Labute approximate surface area is 98.9 Å². The maximum absolute atomic E-state index is 6.73. The summed E-state index contributed by atoms with van der Waals surface area (Å²) in [4.78, 5) is 3.29. The summed E-state index contributed by atoms with van der Waals surface area (Å²) >= 11 is 0. The number of rotatable bonds is 1. The van der Waals surface area contributed by atoms with E-state index in [1.165, 1.54) is 0 Å². The van der Waals surface area contributed by atoms with Gasteiger partial charge in [-0.1, -0.05) is 26.0 Å². The Morgan fingerprint density at radius 1 is 1.42 bits per heavy atom. The SMILES string of the molecule is [C-]#[N+]c1c[c-]c(C(C)C)cc1.[Y]. The van der Waals surface area contributed by atoms with Crippen molar-refractivity contribution in [3.05, 3.63) is 41.2 Å². The van der Waals surface area contributed by atoms with Gasteiger partial charge in [0.2, 0.25) is 5.69 Å². The molecule has 0 bridgehead atoms. The number of benzene rings is 1. The van der Waals surface area contributed by atoms with Crippen molar-refractivity contribution in [2.45, 2.75) is 19.8 Å². The molecule has 0 spiro atoms. The summed E-state index contributed by atoms with van der Waals surface area (Å²) in [5.41, 5.74) is 1.83. The molecule has 0 N–H and O–H groups in total. The van der Waals surface area contributed by atoms with Crippen molar-refractivity contribution in [2.75, 3.05) is 0 Å². The van der Waals surface area contributed by atoms with Gasteiger partial charge in [0.15, 0.2) is 0 Å². The molecule has 1 aromatic rings.